The lowest BCUT2D eigenvalue weighted by Gasteiger charge is -2.30. The van der Waals surface area contributed by atoms with Crippen molar-refractivity contribution in [2.24, 2.45) is 0 Å². The van der Waals surface area contributed by atoms with Crippen molar-refractivity contribution in [1.82, 2.24) is 24.6 Å². The molecule has 0 spiro atoms. The lowest BCUT2D eigenvalue weighted by atomic mass is 10.2. The van der Waals surface area contributed by atoms with Crippen LogP contribution in [0.5, 0.6) is 0 Å². The molecule has 0 unspecified atom stereocenters. The van der Waals surface area contributed by atoms with Gasteiger partial charge in [0.05, 0.1) is 18.4 Å². The first-order valence-electron chi connectivity index (χ1n) is 7.51. The van der Waals surface area contributed by atoms with Gasteiger partial charge in [-0.15, -0.1) is 5.10 Å². The zero-order chi connectivity index (χ0) is 18.0. The van der Waals surface area contributed by atoms with Crippen LogP contribution < -0.4 is 10.2 Å². The van der Waals surface area contributed by atoms with E-state index in [9.17, 15) is 13.6 Å². The summed E-state index contributed by atoms with van der Waals surface area (Å²) in [5, 5.41) is 19.5. The minimum Gasteiger partial charge on any atom is -0.464 e. The Bertz CT molecular complexity index is 757. The van der Waals surface area contributed by atoms with Crippen LogP contribution in [0.25, 0.3) is 5.69 Å². The molecule has 1 aromatic carbocycles. The number of carboxylic acid groups (broad SMARTS) is 1. The molecule has 1 aromatic heterocycles. The molecule has 2 heterocycles. The lowest BCUT2D eigenvalue weighted by Crippen LogP contribution is -2.44. The van der Waals surface area contributed by atoms with E-state index in [1.54, 1.807) is 4.90 Å². The van der Waals surface area contributed by atoms with Gasteiger partial charge in [-0.2, -0.15) is 0 Å². The quantitative estimate of drug-likeness (QED) is 0.703. The summed E-state index contributed by atoms with van der Waals surface area (Å²) >= 11 is 3.76. The molecular weight excluding hydrogens is 354 g/mol. The second kappa shape index (κ2) is 7.23. The third-order valence-electron chi connectivity index (χ3n) is 3.77. The average molecular weight is 370 g/mol. The highest BCUT2D eigenvalue weighted by molar-refractivity contribution is 7.78. The smallest absolute Gasteiger partial charge is 0.417 e. The first-order chi connectivity index (χ1) is 12.0. The zero-order valence-corrected chi connectivity index (χ0v) is 14.0. The van der Waals surface area contributed by atoms with Gasteiger partial charge in [0.2, 0.25) is 0 Å². The van der Waals surface area contributed by atoms with E-state index in [-0.39, 0.29) is 17.9 Å². The van der Waals surface area contributed by atoms with Gasteiger partial charge in [0.15, 0.2) is 11.6 Å². The Hall–Kier alpha value is -2.40. The van der Waals surface area contributed by atoms with Crippen molar-refractivity contribution in [3.63, 3.8) is 0 Å². The van der Waals surface area contributed by atoms with Gasteiger partial charge in [-0.05, 0) is 0 Å². The molecule has 0 bridgehead atoms. The summed E-state index contributed by atoms with van der Waals surface area (Å²) in [5.41, 5.74) is 0.399. The number of halogens is 2. The number of aromatic nitrogens is 3. The number of rotatable bonds is 4. The number of hydrogen-bond acceptors (Lipinski definition) is 6. The normalized spacial score (nSPS) is 14.6. The van der Waals surface area contributed by atoms with E-state index in [1.165, 1.54) is 23.0 Å². The molecule has 2 aromatic rings. The summed E-state index contributed by atoms with van der Waals surface area (Å²) in [6.45, 7) is 2.26. The summed E-state index contributed by atoms with van der Waals surface area (Å²) in [6, 6.07) is 2.35. The van der Waals surface area contributed by atoms with Gasteiger partial charge in [-0.3, -0.25) is 0 Å². The van der Waals surface area contributed by atoms with E-state index < -0.39 is 17.7 Å². The Morgan fingerprint density at radius 3 is 2.56 bits per heavy atom. The molecule has 0 radical (unpaired) electrons. The van der Waals surface area contributed by atoms with Crippen molar-refractivity contribution in [3.05, 3.63) is 35.7 Å². The first kappa shape index (κ1) is 17.4. The SMILES string of the molecule is O=C(O)N(S)Cc1cn(-c2cc(F)c(N3CCNCC3)c(F)c2)nn1. The van der Waals surface area contributed by atoms with E-state index in [1.807, 2.05) is 0 Å². The third-order valence-corrected chi connectivity index (χ3v) is 4.09. The maximum absolute atomic E-state index is 14.4. The fourth-order valence-corrected chi connectivity index (χ4v) is 2.74. The molecule has 1 aliphatic rings. The van der Waals surface area contributed by atoms with Crippen molar-refractivity contribution < 1.29 is 18.7 Å². The molecule has 25 heavy (non-hydrogen) atoms. The number of nitrogens with zero attached hydrogens (tertiary/aromatic N) is 5. The number of carbonyl (C=O) groups is 1. The van der Waals surface area contributed by atoms with E-state index >= 15 is 0 Å². The summed E-state index contributed by atoms with van der Waals surface area (Å²) in [7, 11) is 0. The van der Waals surface area contributed by atoms with Crippen molar-refractivity contribution in [3.8, 4) is 5.69 Å². The lowest BCUT2D eigenvalue weighted by molar-refractivity contribution is 0.174. The monoisotopic (exact) mass is 370 g/mol. The molecule has 1 amide bonds. The molecule has 11 heteroatoms. The fraction of sp³-hybridized carbons (Fsp3) is 0.357. The second-order valence-electron chi connectivity index (χ2n) is 5.49. The maximum Gasteiger partial charge on any atom is 0.417 e. The Morgan fingerprint density at radius 1 is 1.32 bits per heavy atom. The molecule has 1 aliphatic heterocycles. The van der Waals surface area contributed by atoms with Crippen LogP contribution in [0.15, 0.2) is 18.3 Å². The Kier molecular flexibility index (Phi) is 5.04. The van der Waals surface area contributed by atoms with Gasteiger partial charge < -0.3 is 15.3 Å². The van der Waals surface area contributed by atoms with Crippen LogP contribution in [0, 0.1) is 11.6 Å². The van der Waals surface area contributed by atoms with Crippen molar-refractivity contribution in [2.45, 2.75) is 6.54 Å². The van der Waals surface area contributed by atoms with Crippen LogP contribution in [-0.4, -0.2) is 56.7 Å². The largest absolute Gasteiger partial charge is 0.464 e. The van der Waals surface area contributed by atoms with Crippen LogP contribution >= 0.6 is 12.8 Å². The molecule has 1 saturated heterocycles. The van der Waals surface area contributed by atoms with E-state index in [0.717, 1.165) is 4.31 Å². The van der Waals surface area contributed by atoms with E-state index in [0.29, 0.717) is 31.9 Å². The van der Waals surface area contributed by atoms with Crippen molar-refractivity contribution >= 4 is 24.6 Å². The number of anilines is 1. The standard InChI is InChI=1S/C14H16F2N6O2S/c15-11-5-10(6-12(16)13(11)20-3-1-17-2-4-20)21-7-9(18-19-21)8-22(25)14(23)24/h5-7,17,25H,1-4,8H2,(H,23,24). The maximum atomic E-state index is 14.4. The van der Waals surface area contributed by atoms with E-state index in [2.05, 4.69) is 28.4 Å². The number of thiol groups is 1. The van der Waals surface area contributed by atoms with Gasteiger partial charge >= 0.3 is 6.09 Å². The Labute approximate surface area is 147 Å². The van der Waals surface area contributed by atoms with Gasteiger partial charge in [0, 0.05) is 38.3 Å². The molecule has 0 aliphatic carbocycles. The van der Waals surface area contributed by atoms with Crippen LogP contribution in [0.2, 0.25) is 0 Å². The second-order valence-corrected chi connectivity index (χ2v) is 5.97. The summed E-state index contributed by atoms with van der Waals surface area (Å²) in [4.78, 5) is 12.4. The number of hydrogen-bond donors (Lipinski definition) is 3. The van der Waals surface area contributed by atoms with Gasteiger partial charge in [-0.1, -0.05) is 18.0 Å². The molecule has 8 nitrogen and oxygen atoms in total. The Balaban J connectivity index is 1.84. The fourth-order valence-electron chi connectivity index (χ4n) is 2.59. The van der Waals surface area contributed by atoms with Crippen LogP contribution in [0.1, 0.15) is 5.69 Å². The van der Waals surface area contributed by atoms with Crippen molar-refractivity contribution in [2.75, 3.05) is 31.1 Å². The summed E-state index contributed by atoms with van der Waals surface area (Å²) < 4.78 is 30.8. The Morgan fingerprint density at radius 2 is 1.96 bits per heavy atom. The average Bonchev–Trinajstić information content (AvgIpc) is 3.03. The van der Waals surface area contributed by atoms with E-state index in [4.69, 9.17) is 5.11 Å². The first-order valence-corrected chi connectivity index (χ1v) is 7.91. The highest BCUT2D eigenvalue weighted by Crippen LogP contribution is 2.26. The molecule has 0 atom stereocenters. The zero-order valence-electron chi connectivity index (χ0n) is 13.1. The van der Waals surface area contributed by atoms with Crippen molar-refractivity contribution in [1.29, 1.82) is 0 Å². The number of piperazine rings is 1. The molecule has 3 rings (SSSR count). The molecule has 2 N–H and O–H groups in total. The topological polar surface area (TPSA) is 86.5 Å². The minimum atomic E-state index is -1.24. The molecule has 0 saturated carbocycles. The number of nitrogens with one attached hydrogen (secondary N) is 1. The molecule has 134 valence electrons. The summed E-state index contributed by atoms with van der Waals surface area (Å²) in [6.07, 6.45) is 0.153. The number of amides is 1. The molecular formula is C14H16F2N6O2S. The predicted octanol–water partition coefficient (Wildman–Crippen LogP) is 1.28. The minimum absolute atomic E-state index is 0.0574. The summed E-state index contributed by atoms with van der Waals surface area (Å²) in [5.74, 6) is -1.37. The number of benzene rings is 1. The predicted molar refractivity (Wildman–Crippen MR) is 88.9 cm³/mol. The highest BCUT2D eigenvalue weighted by atomic mass is 32.1. The third kappa shape index (κ3) is 3.82. The molecule has 1 fully saturated rings. The van der Waals surface area contributed by atoms with Gasteiger partial charge in [-0.25, -0.2) is 22.6 Å². The van der Waals surface area contributed by atoms with Crippen LogP contribution in [0.3, 0.4) is 0 Å². The van der Waals surface area contributed by atoms with Crippen LogP contribution in [-0.2, 0) is 6.54 Å². The van der Waals surface area contributed by atoms with Gasteiger partial charge in [0.1, 0.15) is 11.4 Å². The van der Waals surface area contributed by atoms with Crippen LogP contribution in [0.4, 0.5) is 19.3 Å². The van der Waals surface area contributed by atoms with Gasteiger partial charge in [0.25, 0.3) is 0 Å². The highest BCUT2D eigenvalue weighted by Gasteiger charge is 2.21.